The fourth-order valence-corrected chi connectivity index (χ4v) is 7.11. The number of esters is 1. The maximum Gasteiger partial charge on any atom is 0.312 e. The lowest BCUT2D eigenvalue weighted by Crippen LogP contribution is -2.56. The molecule has 3 nitrogen and oxygen atoms in total. The summed E-state index contributed by atoms with van der Waals surface area (Å²) in [7, 11) is 0. The molecule has 2 saturated carbocycles. The smallest absolute Gasteiger partial charge is 0.312 e. The van der Waals surface area contributed by atoms with Crippen molar-refractivity contribution in [2.24, 2.45) is 28.1 Å². The molecule has 2 saturated heterocycles. The SMILES string of the molecule is C[C@@]12CCO[C@@H]1C1=C[C@H]3OC(=O)[C@@]4(C)CCC[C@@](C)([C@@H]34)[C@H]1CC2. The molecule has 0 aromatic carbocycles. The van der Waals surface area contributed by atoms with Crippen molar-refractivity contribution in [3.63, 3.8) is 0 Å². The minimum atomic E-state index is -0.267. The molecule has 3 heteroatoms. The van der Waals surface area contributed by atoms with Gasteiger partial charge in [0.25, 0.3) is 0 Å². The maximum absolute atomic E-state index is 12.6. The zero-order valence-electron chi connectivity index (χ0n) is 14.6. The molecule has 0 aromatic rings. The number of hydrogen-bond donors (Lipinski definition) is 0. The molecule has 0 spiro atoms. The molecular formula is C20H28O3. The molecule has 3 aliphatic carbocycles. The van der Waals surface area contributed by atoms with E-state index in [9.17, 15) is 4.79 Å². The third kappa shape index (κ3) is 1.58. The Balaban J connectivity index is 1.65. The van der Waals surface area contributed by atoms with Gasteiger partial charge in [-0.1, -0.05) is 20.3 Å². The predicted octanol–water partition coefficient (Wildman–Crippen LogP) is 3.87. The van der Waals surface area contributed by atoms with Crippen LogP contribution >= 0.6 is 0 Å². The summed E-state index contributed by atoms with van der Waals surface area (Å²) in [5.74, 6) is 0.980. The summed E-state index contributed by atoms with van der Waals surface area (Å²) in [4.78, 5) is 12.6. The molecule has 0 aromatic heterocycles. The molecule has 0 bridgehead atoms. The predicted molar refractivity (Wildman–Crippen MR) is 86.7 cm³/mol. The van der Waals surface area contributed by atoms with Crippen LogP contribution in [0, 0.1) is 28.1 Å². The minimum absolute atomic E-state index is 0.0180. The second-order valence-electron chi connectivity index (χ2n) is 9.54. The van der Waals surface area contributed by atoms with Gasteiger partial charge >= 0.3 is 5.97 Å². The van der Waals surface area contributed by atoms with Crippen LogP contribution in [0.2, 0.25) is 0 Å². The fraction of sp³-hybridized carbons (Fsp3) is 0.850. The Hall–Kier alpha value is -0.830. The topological polar surface area (TPSA) is 35.5 Å². The van der Waals surface area contributed by atoms with Crippen molar-refractivity contribution in [1.82, 2.24) is 0 Å². The zero-order valence-corrected chi connectivity index (χ0v) is 14.6. The van der Waals surface area contributed by atoms with Crippen LogP contribution in [0.1, 0.15) is 59.3 Å². The van der Waals surface area contributed by atoms with E-state index in [2.05, 4.69) is 26.8 Å². The lowest BCUT2D eigenvalue weighted by Gasteiger charge is -2.58. The Labute approximate surface area is 138 Å². The number of carbonyl (C=O) groups excluding carboxylic acids is 1. The summed E-state index contributed by atoms with van der Waals surface area (Å²) in [5.41, 5.74) is 1.70. The van der Waals surface area contributed by atoms with Gasteiger partial charge in [-0.05, 0) is 67.4 Å². The van der Waals surface area contributed by atoms with E-state index in [4.69, 9.17) is 9.47 Å². The third-order valence-electron chi connectivity index (χ3n) is 8.30. The van der Waals surface area contributed by atoms with E-state index in [1.165, 1.54) is 31.3 Å². The van der Waals surface area contributed by atoms with Crippen LogP contribution in [0.5, 0.6) is 0 Å². The van der Waals surface area contributed by atoms with Gasteiger partial charge < -0.3 is 9.47 Å². The van der Waals surface area contributed by atoms with E-state index < -0.39 is 0 Å². The number of hydrogen-bond acceptors (Lipinski definition) is 3. The van der Waals surface area contributed by atoms with E-state index in [1.54, 1.807) is 0 Å². The van der Waals surface area contributed by atoms with Gasteiger partial charge in [-0.25, -0.2) is 0 Å². The Morgan fingerprint density at radius 2 is 1.96 bits per heavy atom. The number of ether oxygens (including phenoxy) is 2. The van der Waals surface area contributed by atoms with Crippen molar-refractivity contribution < 1.29 is 14.3 Å². The molecule has 4 fully saturated rings. The van der Waals surface area contributed by atoms with Crippen LogP contribution in [-0.2, 0) is 14.3 Å². The molecule has 2 heterocycles. The van der Waals surface area contributed by atoms with Gasteiger partial charge in [0.2, 0.25) is 0 Å². The summed E-state index contributed by atoms with van der Waals surface area (Å²) >= 11 is 0. The Morgan fingerprint density at radius 3 is 2.78 bits per heavy atom. The minimum Gasteiger partial charge on any atom is -0.457 e. The summed E-state index contributed by atoms with van der Waals surface area (Å²) in [6.45, 7) is 7.88. The second kappa shape index (κ2) is 4.22. The molecule has 126 valence electrons. The third-order valence-corrected chi connectivity index (χ3v) is 8.30. The van der Waals surface area contributed by atoms with Crippen molar-refractivity contribution in [3.8, 4) is 0 Å². The highest BCUT2D eigenvalue weighted by Crippen LogP contribution is 2.67. The first-order valence-electron chi connectivity index (χ1n) is 9.43. The van der Waals surface area contributed by atoms with Crippen LogP contribution in [0.15, 0.2) is 11.6 Å². The number of carbonyl (C=O) groups is 1. The highest BCUT2D eigenvalue weighted by molar-refractivity contribution is 5.80. The van der Waals surface area contributed by atoms with E-state index in [0.29, 0.717) is 17.3 Å². The molecule has 0 radical (unpaired) electrons. The Kier molecular flexibility index (Phi) is 2.66. The van der Waals surface area contributed by atoms with Crippen LogP contribution in [-0.4, -0.2) is 24.8 Å². The Morgan fingerprint density at radius 1 is 1.13 bits per heavy atom. The van der Waals surface area contributed by atoms with Gasteiger partial charge in [-0.3, -0.25) is 4.79 Å². The quantitative estimate of drug-likeness (QED) is 0.503. The van der Waals surface area contributed by atoms with Gasteiger partial charge in [-0.2, -0.15) is 0 Å². The van der Waals surface area contributed by atoms with Crippen molar-refractivity contribution in [2.75, 3.05) is 6.61 Å². The molecule has 23 heavy (non-hydrogen) atoms. The highest BCUT2D eigenvalue weighted by Gasteiger charge is 2.67. The number of fused-ring (bicyclic) bond motifs is 4. The molecular weight excluding hydrogens is 288 g/mol. The van der Waals surface area contributed by atoms with Gasteiger partial charge in [0.15, 0.2) is 0 Å². The van der Waals surface area contributed by atoms with Crippen molar-refractivity contribution in [1.29, 1.82) is 0 Å². The highest BCUT2D eigenvalue weighted by atomic mass is 16.6. The van der Waals surface area contributed by atoms with Gasteiger partial charge in [0.05, 0.1) is 11.5 Å². The second-order valence-corrected chi connectivity index (χ2v) is 9.54. The monoisotopic (exact) mass is 316 g/mol. The van der Waals surface area contributed by atoms with Gasteiger partial charge in [0.1, 0.15) is 6.10 Å². The summed E-state index contributed by atoms with van der Waals surface area (Å²) < 4.78 is 12.1. The summed E-state index contributed by atoms with van der Waals surface area (Å²) in [5, 5.41) is 0. The fourth-order valence-electron chi connectivity index (χ4n) is 7.11. The first-order valence-corrected chi connectivity index (χ1v) is 9.43. The summed E-state index contributed by atoms with van der Waals surface area (Å²) in [6.07, 6.45) is 9.62. The largest absolute Gasteiger partial charge is 0.457 e. The van der Waals surface area contributed by atoms with Gasteiger partial charge in [0, 0.05) is 12.5 Å². The van der Waals surface area contributed by atoms with Crippen LogP contribution in [0.4, 0.5) is 0 Å². The van der Waals surface area contributed by atoms with Crippen molar-refractivity contribution >= 4 is 5.97 Å². The average Bonchev–Trinajstić information content (AvgIpc) is 2.99. The van der Waals surface area contributed by atoms with E-state index in [0.717, 1.165) is 19.4 Å². The molecule has 0 unspecified atom stereocenters. The molecule has 5 rings (SSSR count). The molecule has 0 N–H and O–H groups in total. The normalized spacial score (nSPS) is 57.2. The van der Waals surface area contributed by atoms with Crippen LogP contribution in [0.3, 0.4) is 0 Å². The first-order chi connectivity index (χ1) is 10.9. The number of rotatable bonds is 0. The standard InChI is InChI=1S/C20H28O3/c1-18-8-5-13-12(16(18)22-10-9-18)11-14-15-19(13,2)6-4-7-20(15,3)17(21)23-14/h11,13-16H,4-10H2,1-3H3/t13-,14+,15+,16+,18+,19+,20-/m0/s1. The molecule has 0 amide bonds. The Bertz CT molecular complexity index is 610. The van der Waals surface area contributed by atoms with Crippen LogP contribution < -0.4 is 0 Å². The first kappa shape index (κ1) is 14.5. The zero-order chi connectivity index (χ0) is 16.0. The molecule has 7 atom stereocenters. The van der Waals surface area contributed by atoms with Crippen molar-refractivity contribution in [2.45, 2.75) is 71.5 Å². The summed E-state index contributed by atoms with van der Waals surface area (Å²) in [6, 6.07) is 0. The lowest BCUT2D eigenvalue weighted by molar-refractivity contribution is -0.148. The van der Waals surface area contributed by atoms with E-state index in [-0.39, 0.29) is 29.0 Å². The molecule has 5 aliphatic rings. The van der Waals surface area contributed by atoms with E-state index >= 15 is 0 Å². The maximum atomic E-state index is 12.6. The lowest BCUT2D eigenvalue weighted by atomic mass is 9.45. The average molecular weight is 316 g/mol. The van der Waals surface area contributed by atoms with E-state index in [1.807, 2.05) is 0 Å². The van der Waals surface area contributed by atoms with Crippen LogP contribution in [0.25, 0.3) is 0 Å². The van der Waals surface area contributed by atoms with Gasteiger partial charge in [-0.15, -0.1) is 0 Å². The van der Waals surface area contributed by atoms with Crippen molar-refractivity contribution in [3.05, 3.63) is 11.6 Å². The molecule has 2 aliphatic heterocycles.